The van der Waals surface area contributed by atoms with Crippen LogP contribution in [-0.2, 0) is 11.2 Å². The van der Waals surface area contributed by atoms with Crippen molar-refractivity contribution in [2.45, 2.75) is 6.42 Å². The first-order chi connectivity index (χ1) is 12.8. The lowest BCUT2D eigenvalue weighted by Gasteiger charge is -2.09. The fourth-order valence-corrected chi connectivity index (χ4v) is 3.32. The molecule has 0 unspecified atom stereocenters. The summed E-state index contributed by atoms with van der Waals surface area (Å²) in [6.45, 7) is 0. The van der Waals surface area contributed by atoms with Crippen LogP contribution in [0.25, 0.3) is 21.9 Å². The van der Waals surface area contributed by atoms with Gasteiger partial charge in [0.1, 0.15) is 16.9 Å². The van der Waals surface area contributed by atoms with Crippen LogP contribution in [0.5, 0.6) is 5.75 Å². The van der Waals surface area contributed by atoms with Gasteiger partial charge in [-0.2, -0.15) is 0 Å². The Balaban J connectivity index is 1.58. The number of hydrogen-bond donors (Lipinski definition) is 0. The molecular weight excluding hydrogens is 328 g/mol. The summed E-state index contributed by atoms with van der Waals surface area (Å²) in [5, 5.41) is 3.77. The van der Waals surface area contributed by atoms with Crippen LogP contribution in [0.1, 0.15) is 5.56 Å². The summed E-state index contributed by atoms with van der Waals surface area (Å²) in [6.07, 6.45) is 3.57. The predicted octanol–water partition coefficient (Wildman–Crippen LogP) is 5.05. The third-order valence-corrected chi connectivity index (χ3v) is 4.46. The Labute approximate surface area is 148 Å². The van der Waals surface area contributed by atoms with Gasteiger partial charge in [0.25, 0.3) is 0 Å². The van der Waals surface area contributed by atoms with Crippen LogP contribution >= 0.6 is 0 Å². The molecule has 2 heterocycles. The zero-order valence-electron chi connectivity index (χ0n) is 13.8. The molecule has 0 bridgehead atoms. The number of carbonyl (C=O) groups excluding carboxylic acids is 1. The lowest BCUT2D eigenvalue weighted by molar-refractivity contribution is -0.133. The molecule has 0 radical (unpaired) electrons. The van der Waals surface area contributed by atoms with E-state index in [1.54, 1.807) is 24.7 Å². The van der Waals surface area contributed by atoms with Crippen molar-refractivity contribution in [2.75, 3.05) is 0 Å². The average molecular weight is 342 g/mol. The molecular formula is C22H14O4. The Morgan fingerprint density at radius 1 is 0.808 bits per heavy atom. The molecule has 3 aromatic carbocycles. The molecule has 4 nitrogen and oxygen atoms in total. The lowest BCUT2D eigenvalue weighted by atomic mass is 10.1. The highest BCUT2D eigenvalue weighted by Crippen LogP contribution is 2.28. The molecule has 4 heteroatoms. The molecule has 5 rings (SSSR count). The van der Waals surface area contributed by atoms with E-state index in [1.165, 1.54) is 0 Å². The number of hydrogen-bond acceptors (Lipinski definition) is 4. The van der Waals surface area contributed by atoms with E-state index in [4.69, 9.17) is 13.6 Å². The van der Waals surface area contributed by atoms with Gasteiger partial charge in [-0.15, -0.1) is 0 Å². The van der Waals surface area contributed by atoms with E-state index in [0.29, 0.717) is 11.3 Å². The highest BCUT2D eigenvalue weighted by Gasteiger charge is 2.12. The molecule has 0 saturated carbocycles. The Morgan fingerprint density at radius 3 is 2.46 bits per heavy atom. The van der Waals surface area contributed by atoms with Crippen molar-refractivity contribution >= 4 is 27.9 Å². The highest BCUT2D eigenvalue weighted by atomic mass is 16.5. The maximum Gasteiger partial charge on any atom is 0.315 e. The van der Waals surface area contributed by atoms with Crippen molar-refractivity contribution in [1.82, 2.24) is 0 Å². The molecule has 0 N–H and O–H groups in total. The Hall–Kier alpha value is -3.53. The van der Waals surface area contributed by atoms with Crippen LogP contribution in [0.2, 0.25) is 0 Å². The summed E-state index contributed by atoms with van der Waals surface area (Å²) in [4.78, 5) is 12.2. The minimum atomic E-state index is -0.319. The van der Waals surface area contributed by atoms with E-state index in [1.807, 2.05) is 48.5 Å². The second kappa shape index (κ2) is 5.77. The molecule has 0 fully saturated rings. The van der Waals surface area contributed by atoms with Crippen LogP contribution < -0.4 is 4.74 Å². The number of rotatable bonds is 3. The number of benzene rings is 3. The third kappa shape index (κ3) is 2.43. The van der Waals surface area contributed by atoms with Gasteiger partial charge in [-0.05, 0) is 17.7 Å². The van der Waals surface area contributed by atoms with Gasteiger partial charge in [-0.1, -0.05) is 42.5 Å². The molecule has 0 aromatic heterocycles. The normalized spacial score (nSPS) is 11.4. The minimum Gasteiger partial charge on any atom is -0.464 e. The van der Waals surface area contributed by atoms with Gasteiger partial charge in [0.15, 0.2) is 0 Å². The van der Waals surface area contributed by atoms with Gasteiger partial charge >= 0.3 is 5.97 Å². The van der Waals surface area contributed by atoms with Crippen molar-refractivity contribution in [2.24, 2.45) is 0 Å². The van der Waals surface area contributed by atoms with Crippen LogP contribution in [0.3, 0.4) is 0 Å². The maximum atomic E-state index is 12.2. The van der Waals surface area contributed by atoms with Gasteiger partial charge in [0.05, 0.1) is 18.9 Å². The standard InChI is InChI=1S/C22H14O4/c23-20(9-14-5-2-1-3-6-14)26-17-10-16-13-24-18-8-4-7-15-12-25-19(11-17)22(16)21(15)18/h1-8,10-13H,9H2. The van der Waals surface area contributed by atoms with Crippen molar-refractivity contribution in [1.29, 1.82) is 0 Å². The fraction of sp³-hybridized carbons (Fsp3) is 0.0455. The second-order valence-corrected chi connectivity index (χ2v) is 6.21. The molecule has 126 valence electrons. The molecule has 0 aliphatic carbocycles. The molecule has 0 saturated heterocycles. The number of esters is 1. The largest absolute Gasteiger partial charge is 0.464 e. The first kappa shape index (κ1) is 14.8. The van der Waals surface area contributed by atoms with Crippen molar-refractivity contribution in [3.63, 3.8) is 0 Å². The van der Waals surface area contributed by atoms with E-state index >= 15 is 0 Å². The van der Waals surface area contributed by atoms with Crippen LogP contribution in [0.4, 0.5) is 0 Å². The van der Waals surface area contributed by atoms with Crippen LogP contribution in [-0.4, -0.2) is 5.97 Å². The van der Waals surface area contributed by atoms with Crippen LogP contribution in [0.15, 0.2) is 82.0 Å². The zero-order valence-corrected chi connectivity index (χ0v) is 13.8. The van der Waals surface area contributed by atoms with E-state index in [-0.39, 0.29) is 12.4 Å². The monoisotopic (exact) mass is 342 g/mol. The van der Waals surface area contributed by atoms with Crippen molar-refractivity contribution in [3.05, 3.63) is 89.2 Å². The third-order valence-electron chi connectivity index (χ3n) is 4.46. The summed E-state index contributed by atoms with van der Waals surface area (Å²) < 4.78 is 17.0. The molecule has 0 atom stereocenters. The van der Waals surface area contributed by atoms with Gasteiger partial charge in [-0.25, -0.2) is 0 Å². The smallest absolute Gasteiger partial charge is 0.315 e. The molecule has 26 heavy (non-hydrogen) atoms. The quantitative estimate of drug-likeness (QED) is 0.340. The van der Waals surface area contributed by atoms with Gasteiger partial charge in [0.2, 0.25) is 0 Å². The molecule has 2 aliphatic rings. The summed E-state index contributed by atoms with van der Waals surface area (Å²) in [5.41, 5.74) is 2.36. The van der Waals surface area contributed by atoms with E-state index in [2.05, 4.69) is 0 Å². The Kier molecular flexibility index (Phi) is 3.28. The predicted molar refractivity (Wildman–Crippen MR) is 97.1 cm³/mol. The zero-order chi connectivity index (χ0) is 17.5. The van der Waals surface area contributed by atoms with E-state index in [0.717, 1.165) is 32.4 Å². The van der Waals surface area contributed by atoms with Crippen LogP contribution in [0, 0.1) is 10.4 Å². The fourth-order valence-electron chi connectivity index (χ4n) is 3.32. The molecule has 0 amide bonds. The highest BCUT2D eigenvalue weighted by molar-refractivity contribution is 5.80. The van der Waals surface area contributed by atoms with Gasteiger partial charge in [-0.3, -0.25) is 4.79 Å². The first-order valence-corrected chi connectivity index (χ1v) is 8.34. The van der Waals surface area contributed by atoms with Gasteiger partial charge < -0.3 is 13.6 Å². The summed E-state index contributed by atoms with van der Waals surface area (Å²) in [5.74, 6) is 0.122. The molecule has 2 aliphatic heterocycles. The van der Waals surface area contributed by atoms with Gasteiger partial charge in [0, 0.05) is 27.3 Å². The summed E-state index contributed by atoms with van der Waals surface area (Å²) >= 11 is 0. The number of ether oxygens (including phenoxy) is 1. The first-order valence-electron chi connectivity index (χ1n) is 8.34. The molecule has 3 aromatic rings. The van der Waals surface area contributed by atoms with E-state index in [9.17, 15) is 4.79 Å². The number of carbonyl (C=O) groups is 1. The summed E-state index contributed by atoms with van der Waals surface area (Å²) in [6, 6.07) is 18.9. The van der Waals surface area contributed by atoms with Crippen molar-refractivity contribution < 1.29 is 18.4 Å². The molecule has 0 spiro atoms. The average Bonchev–Trinajstić information content (AvgIpc) is 2.66. The Bertz CT molecular complexity index is 1230. The van der Waals surface area contributed by atoms with Crippen molar-refractivity contribution in [3.8, 4) is 5.75 Å². The second-order valence-electron chi connectivity index (χ2n) is 6.21. The topological polar surface area (TPSA) is 52.6 Å². The SMILES string of the molecule is O=C(Cc1ccccc1)Oc1cc2coc3cccc4coc(c1)c2=c43. The maximum absolute atomic E-state index is 12.2. The lowest BCUT2D eigenvalue weighted by Crippen LogP contribution is -2.11. The van der Waals surface area contributed by atoms with E-state index < -0.39 is 0 Å². The summed E-state index contributed by atoms with van der Waals surface area (Å²) in [7, 11) is 0. The Morgan fingerprint density at radius 2 is 1.58 bits per heavy atom. The minimum absolute atomic E-state index is 0.216.